The normalized spacial score (nSPS) is 12.2. The highest BCUT2D eigenvalue weighted by atomic mass is 16.2. The molecule has 0 aliphatic heterocycles. The molecule has 0 aliphatic rings. The van der Waals surface area contributed by atoms with Crippen molar-refractivity contribution in [1.29, 1.82) is 0 Å². The van der Waals surface area contributed by atoms with Gasteiger partial charge in [-0.25, -0.2) is 10.1 Å². The summed E-state index contributed by atoms with van der Waals surface area (Å²) < 4.78 is 1.91. The summed E-state index contributed by atoms with van der Waals surface area (Å²) in [6.07, 6.45) is 6.03. The summed E-state index contributed by atoms with van der Waals surface area (Å²) >= 11 is 0. The van der Waals surface area contributed by atoms with Gasteiger partial charge in [0.15, 0.2) is 5.69 Å². The standard InChI is InChI=1S/C16H17N5O2/c1-2-11(9-21-8-7-17-10-21)18-16(23)14-12-5-3-4-6-13(12)15(22)20-19-14/h3-8,10-11H,2,9H2,1H3,(H,18,23)(H,20,22)/t11-/m0/s1. The van der Waals surface area contributed by atoms with E-state index in [1.54, 1.807) is 36.8 Å². The van der Waals surface area contributed by atoms with E-state index >= 15 is 0 Å². The Balaban J connectivity index is 1.85. The number of hydrogen-bond donors (Lipinski definition) is 2. The molecule has 0 saturated carbocycles. The molecule has 7 heteroatoms. The second-order valence-corrected chi connectivity index (χ2v) is 5.29. The van der Waals surface area contributed by atoms with Gasteiger partial charge in [-0.1, -0.05) is 25.1 Å². The zero-order valence-corrected chi connectivity index (χ0v) is 12.7. The number of aromatic nitrogens is 4. The number of hydrogen-bond acceptors (Lipinski definition) is 4. The fraction of sp³-hybridized carbons (Fsp3) is 0.250. The summed E-state index contributed by atoms with van der Waals surface area (Å²) in [5.74, 6) is -0.301. The smallest absolute Gasteiger partial charge is 0.272 e. The van der Waals surface area contributed by atoms with Gasteiger partial charge in [0.1, 0.15) is 0 Å². The fourth-order valence-corrected chi connectivity index (χ4v) is 2.47. The van der Waals surface area contributed by atoms with Crippen LogP contribution in [-0.2, 0) is 6.54 Å². The van der Waals surface area contributed by atoms with E-state index in [4.69, 9.17) is 0 Å². The molecule has 3 aromatic rings. The molecule has 1 aromatic carbocycles. The molecule has 1 atom stereocenters. The third-order valence-corrected chi connectivity index (χ3v) is 3.73. The number of fused-ring (bicyclic) bond motifs is 1. The zero-order chi connectivity index (χ0) is 16.2. The minimum Gasteiger partial charge on any atom is -0.346 e. The first-order valence-electron chi connectivity index (χ1n) is 7.43. The highest BCUT2D eigenvalue weighted by Crippen LogP contribution is 2.12. The highest BCUT2D eigenvalue weighted by Gasteiger charge is 2.17. The van der Waals surface area contributed by atoms with Crippen LogP contribution in [0.25, 0.3) is 10.8 Å². The number of H-pyrrole nitrogens is 1. The van der Waals surface area contributed by atoms with E-state index in [0.29, 0.717) is 17.3 Å². The molecule has 23 heavy (non-hydrogen) atoms. The van der Waals surface area contributed by atoms with Gasteiger partial charge >= 0.3 is 0 Å². The third-order valence-electron chi connectivity index (χ3n) is 3.73. The second-order valence-electron chi connectivity index (χ2n) is 5.29. The Morgan fingerprint density at radius 1 is 1.35 bits per heavy atom. The average Bonchev–Trinajstić information content (AvgIpc) is 3.07. The van der Waals surface area contributed by atoms with Gasteiger partial charge in [0.05, 0.1) is 11.7 Å². The zero-order valence-electron chi connectivity index (χ0n) is 12.7. The Morgan fingerprint density at radius 3 is 2.83 bits per heavy atom. The van der Waals surface area contributed by atoms with E-state index in [-0.39, 0.29) is 23.2 Å². The molecule has 0 saturated heterocycles. The Kier molecular flexibility index (Phi) is 4.18. The van der Waals surface area contributed by atoms with Gasteiger partial charge in [-0.2, -0.15) is 5.10 Å². The Morgan fingerprint density at radius 2 is 2.13 bits per heavy atom. The van der Waals surface area contributed by atoms with E-state index in [1.165, 1.54) is 0 Å². The topological polar surface area (TPSA) is 92.7 Å². The number of aromatic amines is 1. The molecule has 2 N–H and O–H groups in total. The van der Waals surface area contributed by atoms with Gasteiger partial charge < -0.3 is 9.88 Å². The lowest BCUT2D eigenvalue weighted by Gasteiger charge is -2.17. The molecule has 0 bridgehead atoms. The first-order chi connectivity index (χ1) is 11.2. The minimum atomic E-state index is -0.303. The Labute approximate surface area is 132 Å². The summed E-state index contributed by atoms with van der Waals surface area (Å²) in [7, 11) is 0. The molecule has 0 spiro atoms. The van der Waals surface area contributed by atoms with E-state index in [2.05, 4.69) is 20.5 Å². The van der Waals surface area contributed by atoms with Crippen LogP contribution in [0.4, 0.5) is 0 Å². The van der Waals surface area contributed by atoms with Gasteiger partial charge in [-0.15, -0.1) is 0 Å². The van der Waals surface area contributed by atoms with Crippen LogP contribution < -0.4 is 10.9 Å². The van der Waals surface area contributed by atoms with Crippen LogP contribution in [0, 0.1) is 0 Å². The summed E-state index contributed by atoms with van der Waals surface area (Å²) in [5.41, 5.74) is -0.0770. The van der Waals surface area contributed by atoms with Gasteiger partial charge in [-0.3, -0.25) is 9.59 Å². The molecular formula is C16H17N5O2. The van der Waals surface area contributed by atoms with Crippen LogP contribution in [0.15, 0.2) is 47.8 Å². The number of benzene rings is 1. The molecule has 1 amide bonds. The van der Waals surface area contributed by atoms with E-state index in [1.807, 2.05) is 17.7 Å². The molecule has 0 unspecified atom stereocenters. The lowest BCUT2D eigenvalue weighted by atomic mass is 10.1. The van der Waals surface area contributed by atoms with Crippen LogP contribution in [0.2, 0.25) is 0 Å². The van der Waals surface area contributed by atoms with Crippen molar-refractivity contribution in [1.82, 2.24) is 25.1 Å². The number of carbonyl (C=O) groups excluding carboxylic acids is 1. The van der Waals surface area contributed by atoms with Crippen LogP contribution in [0.1, 0.15) is 23.8 Å². The molecule has 7 nitrogen and oxygen atoms in total. The Bertz CT molecular complexity index is 870. The maximum Gasteiger partial charge on any atom is 0.272 e. The van der Waals surface area contributed by atoms with Crippen molar-refractivity contribution in [3.05, 3.63) is 59.0 Å². The number of nitrogens with one attached hydrogen (secondary N) is 2. The summed E-state index contributed by atoms with van der Waals surface area (Å²) in [6, 6.07) is 6.89. The molecule has 0 fully saturated rings. The molecular weight excluding hydrogens is 294 g/mol. The summed E-state index contributed by atoms with van der Waals surface area (Å²) in [5, 5.41) is 10.3. The van der Waals surface area contributed by atoms with Crippen molar-refractivity contribution >= 4 is 16.7 Å². The molecule has 0 radical (unpaired) electrons. The van der Waals surface area contributed by atoms with Gasteiger partial charge in [-0.05, 0) is 12.5 Å². The summed E-state index contributed by atoms with van der Waals surface area (Å²) in [4.78, 5) is 28.3. The quantitative estimate of drug-likeness (QED) is 0.743. The van der Waals surface area contributed by atoms with Crippen molar-refractivity contribution in [2.75, 3.05) is 0 Å². The molecule has 0 aliphatic carbocycles. The number of carbonyl (C=O) groups is 1. The monoisotopic (exact) mass is 311 g/mol. The minimum absolute atomic E-state index is 0.0517. The van der Waals surface area contributed by atoms with Gasteiger partial charge in [0, 0.05) is 30.4 Å². The second kappa shape index (κ2) is 6.43. The Hall–Kier alpha value is -2.96. The first-order valence-corrected chi connectivity index (χ1v) is 7.43. The fourth-order valence-electron chi connectivity index (χ4n) is 2.47. The van der Waals surface area contributed by atoms with Crippen LogP contribution >= 0.6 is 0 Å². The number of imidazole rings is 1. The third kappa shape index (κ3) is 3.13. The molecule has 2 heterocycles. The van der Waals surface area contributed by atoms with E-state index in [0.717, 1.165) is 6.42 Å². The van der Waals surface area contributed by atoms with E-state index in [9.17, 15) is 9.59 Å². The maximum atomic E-state index is 12.5. The molecule has 118 valence electrons. The van der Waals surface area contributed by atoms with Gasteiger partial charge in [0.25, 0.3) is 11.5 Å². The van der Waals surface area contributed by atoms with Crippen LogP contribution in [0.5, 0.6) is 0 Å². The number of nitrogens with zero attached hydrogens (tertiary/aromatic N) is 3. The van der Waals surface area contributed by atoms with Crippen LogP contribution in [-0.4, -0.2) is 31.7 Å². The van der Waals surface area contributed by atoms with Crippen molar-refractivity contribution in [3.63, 3.8) is 0 Å². The lowest BCUT2D eigenvalue weighted by molar-refractivity contribution is 0.0927. The number of amides is 1. The maximum absolute atomic E-state index is 12.5. The van der Waals surface area contributed by atoms with Crippen molar-refractivity contribution < 1.29 is 4.79 Å². The largest absolute Gasteiger partial charge is 0.346 e. The SMILES string of the molecule is CC[C@@H](Cn1ccnc1)NC(=O)c1n[nH]c(=O)c2ccccc12. The number of rotatable bonds is 5. The summed E-state index contributed by atoms with van der Waals surface area (Å²) in [6.45, 7) is 2.63. The predicted molar refractivity (Wildman–Crippen MR) is 86.1 cm³/mol. The van der Waals surface area contributed by atoms with Crippen LogP contribution in [0.3, 0.4) is 0 Å². The van der Waals surface area contributed by atoms with E-state index < -0.39 is 0 Å². The highest BCUT2D eigenvalue weighted by molar-refractivity contribution is 6.04. The van der Waals surface area contributed by atoms with Crippen molar-refractivity contribution in [2.45, 2.75) is 25.9 Å². The predicted octanol–water partition coefficient (Wildman–Crippen LogP) is 1.33. The average molecular weight is 311 g/mol. The van der Waals surface area contributed by atoms with Crippen molar-refractivity contribution in [2.24, 2.45) is 0 Å². The van der Waals surface area contributed by atoms with Crippen molar-refractivity contribution in [3.8, 4) is 0 Å². The first kappa shape index (κ1) is 15.0. The lowest BCUT2D eigenvalue weighted by Crippen LogP contribution is -2.38. The molecule has 3 rings (SSSR count). The van der Waals surface area contributed by atoms with Gasteiger partial charge in [0.2, 0.25) is 0 Å². The molecule has 2 aromatic heterocycles.